The van der Waals surface area contributed by atoms with Crippen molar-refractivity contribution >= 4 is 0 Å². The fourth-order valence-corrected chi connectivity index (χ4v) is 1.53. The van der Waals surface area contributed by atoms with Crippen LogP contribution in [0.2, 0.25) is 0 Å². The summed E-state index contributed by atoms with van der Waals surface area (Å²) >= 11 is 0. The van der Waals surface area contributed by atoms with Gasteiger partial charge in [0, 0.05) is 5.92 Å². The summed E-state index contributed by atoms with van der Waals surface area (Å²) < 4.78 is 18.3. The number of hydrogen-bond donors (Lipinski definition) is 2. The second kappa shape index (κ2) is 3.68. The van der Waals surface area contributed by atoms with Crippen molar-refractivity contribution in [2.24, 2.45) is 5.92 Å². The molecule has 5 atom stereocenters. The molecule has 2 N–H and O–H groups in total. The maximum Gasteiger partial charge on any atom is 0.134 e. The minimum Gasteiger partial charge on any atom is -0.394 e. The highest BCUT2D eigenvalue weighted by molar-refractivity contribution is 4.87. The summed E-state index contributed by atoms with van der Waals surface area (Å²) in [5.41, 5.74) is 0. The lowest BCUT2D eigenvalue weighted by Crippen LogP contribution is -2.51. The van der Waals surface area contributed by atoms with Crippen LogP contribution in [0.25, 0.3) is 0 Å². The molecule has 0 aromatic heterocycles. The zero-order valence-corrected chi connectivity index (χ0v) is 7.27. The third kappa shape index (κ3) is 1.60. The van der Waals surface area contributed by atoms with Gasteiger partial charge < -0.3 is 14.9 Å². The van der Waals surface area contributed by atoms with Gasteiger partial charge in [-0.3, -0.25) is 0 Å². The largest absolute Gasteiger partial charge is 0.394 e. The van der Waals surface area contributed by atoms with Crippen molar-refractivity contribution in [3.05, 3.63) is 0 Å². The lowest BCUT2D eigenvalue weighted by Gasteiger charge is -2.38. The number of ether oxygens (including phenoxy) is 1. The SMILES string of the molecule is C[C@@H]1[C@@H](O)[C@H](C)O[C@H](CO)[C@@H]1F. The molecule has 1 aliphatic heterocycles. The lowest BCUT2D eigenvalue weighted by molar-refractivity contribution is -0.180. The monoisotopic (exact) mass is 178 g/mol. The van der Waals surface area contributed by atoms with Gasteiger partial charge in [-0.05, 0) is 6.92 Å². The third-order valence-electron chi connectivity index (χ3n) is 2.45. The van der Waals surface area contributed by atoms with Crippen LogP contribution in [-0.2, 0) is 4.74 Å². The van der Waals surface area contributed by atoms with Crippen LogP contribution in [0, 0.1) is 5.92 Å². The van der Waals surface area contributed by atoms with E-state index >= 15 is 0 Å². The number of aliphatic hydroxyl groups excluding tert-OH is 2. The molecule has 1 heterocycles. The highest BCUT2D eigenvalue weighted by Gasteiger charge is 2.40. The summed E-state index contributed by atoms with van der Waals surface area (Å²) in [6, 6.07) is 0. The van der Waals surface area contributed by atoms with E-state index in [-0.39, 0.29) is 6.61 Å². The van der Waals surface area contributed by atoms with Gasteiger partial charge in [0.05, 0.1) is 18.8 Å². The topological polar surface area (TPSA) is 49.7 Å². The predicted molar refractivity (Wildman–Crippen MR) is 41.5 cm³/mol. The van der Waals surface area contributed by atoms with E-state index < -0.39 is 30.4 Å². The number of alkyl halides is 1. The molecule has 1 saturated heterocycles. The van der Waals surface area contributed by atoms with Crippen LogP contribution in [0.4, 0.5) is 4.39 Å². The average Bonchev–Trinajstić information content (AvgIpc) is 2.08. The van der Waals surface area contributed by atoms with E-state index in [1.807, 2.05) is 0 Å². The van der Waals surface area contributed by atoms with Gasteiger partial charge in [-0.1, -0.05) is 6.92 Å². The molecule has 0 aromatic rings. The summed E-state index contributed by atoms with van der Waals surface area (Å²) in [4.78, 5) is 0. The van der Waals surface area contributed by atoms with E-state index in [1.54, 1.807) is 13.8 Å². The number of hydrogen-bond acceptors (Lipinski definition) is 3. The fraction of sp³-hybridized carbons (Fsp3) is 1.00. The van der Waals surface area contributed by atoms with Crippen molar-refractivity contribution in [1.29, 1.82) is 0 Å². The maximum atomic E-state index is 13.2. The molecule has 12 heavy (non-hydrogen) atoms. The average molecular weight is 178 g/mol. The van der Waals surface area contributed by atoms with Crippen molar-refractivity contribution in [2.75, 3.05) is 6.61 Å². The number of aliphatic hydroxyl groups is 2. The molecular weight excluding hydrogens is 163 g/mol. The van der Waals surface area contributed by atoms with Gasteiger partial charge in [-0.15, -0.1) is 0 Å². The Balaban J connectivity index is 2.63. The standard InChI is InChI=1S/C8H15FO3/c1-4-7(9)6(3-10)12-5(2)8(4)11/h4-8,10-11H,3H2,1-2H3/t4-,5-,6+,7+,8+/m0/s1. The first-order valence-electron chi connectivity index (χ1n) is 4.16. The molecule has 0 spiro atoms. The van der Waals surface area contributed by atoms with Crippen LogP contribution in [0.5, 0.6) is 0 Å². The van der Waals surface area contributed by atoms with Crippen LogP contribution in [0.1, 0.15) is 13.8 Å². The van der Waals surface area contributed by atoms with Crippen LogP contribution >= 0.6 is 0 Å². The normalized spacial score (nSPS) is 49.2. The molecule has 4 heteroatoms. The second-order valence-corrected chi connectivity index (χ2v) is 3.36. The Hall–Kier alpha value is -0.190. The van der Waals surface area contributed by atoms with Gasteiger partial charge in [0.25, 0.3) is 0 Å². The van der Waals surface area contributed by atoms with E-state index in [9.17, 15) is 9.50 Å². The van der Waals surface area contributed by atoms with E-state index in [2.05, 4.69) is 0 Å². The molecule has 72 valence electrons. The van der Waals surface area contributed by atoms with Crippen molar-refractivity contribution < 1.29 is 19.3 Å². The quantitative estimate of drug-likeness (QED) is 0.598. The van der Waals surface area contributed by atoms with E-state index in [1.165, 1.54) is 0 Å². The van der Waals surface area contributed by atoms with Crippen LogP contribution in [0.3, 0.4) is 0 Å². The van der Waals surface area contributed by atoms with Crippen LogP contribution in [0.15, 0.2) is 0 Å². The molecule has 1 fully saturated rings. The van der Waals surface area contributed by atoms with Gasteiger partial charge in [0.2, 0.25) is 0 Å². The molecule has 0 radical (unpaired) electrons. The number of halogens is 1. The molecule has 0 bridgehead atoms. The van der Waals surface area contributed by atoms with Crippen LogP contribution in [-0.4, -0.2) is 41.3 Å². The number of rotatable bonds is 1. The summed E-state index contributed by atoms with van der Waals surface area (Å²) in [6.07, 6.45) is -3.23. The summed E-state index contributed by atoms with van der Waals surface area (Å²) in [7, 11) is 0. The minimum absolute atomic E-state index is 0.331. The second-order valence-electron chi connectivity index (χ2n) is 3.36. The fourth-order valence-electron chi connectivity index (χ4n) is 1.53. The molecule has 0 aliphatic carbocycles. The van der Waals surface area contributed by atoms with Crippen LogP contribution < -0.4 is 0 Å². The van der Waals surface area contributed by atoms with Crippen molar-refractivity contribution in [3.8, 4) is 0 Å². The highest BCUT2D eigenvalue weighted by atomic mass is 19.1. The van der Waals surface area contributed by atoms with Crippen molar-refractivity contribution in [3.63, 3.8) is 0 Å². The zero-order chi connectivity index (χ0) is 9.30. The third-order valence-corrected chi connectivity index (χ3v) is 2.45. The van der Waals surface area contributed by atoms with Gasteiger partial charge in [0.1, 0.15) is 12.3 Å². The van der Waals surface area contributed by atoms with Gasteiger partial charge >= 0.3 is 0 Å². The first kappa shape index (κ1) is 9.89. The Morgan fingerprint density at radius 2 is 2.00 bits per heavy atom. The van der Waals surface area contributed by atoms with Gasteiger partial charge in [-0.2, -0.15) is 0 Å². The Morgan fingerprint density at radius 1 is 1.42 bits per heavy atom. The molecule has 0 unspecified atom stereocenters. The Kier molecular flexibility index (Phi) is 3.04. The summed E-state index contributed by atoms with van der Waals surface area (Å²) in [5.74, 6) is -0.467. The molecule has 1 rings (SSSR count). The van der Waals surface area contributed by atoms with Crippen molar-refractivity contribution in [1.82, 2.24) is 0 Å². The summed E-state index contributed by atoms with van der Waals surface area (Å²) in [5, 5.41) is 18.1. The zero-order valence-electron chi connectivity index (χ0n) is 7.27. The predicted octanol–water partition coefficient (Wildman–Crippen LogP) is 0.101. The summed E-state index contributed by atoms with van der Waals surface area (Å²) in [6.45, 7) is 2.97. The Morgan fingerprint density at radius 3 is 2.50 bits per heavy atom. The van der Waals surface area contributed by atoms with Gasteiger partial charge in [-0.25, -0.2) is 4.39 Å². The molecule has 0 saturated carbocycles. The molecule has 0 aromatic carbocycles. The Labute approximate surface area is 71.2 Å². The highest BCUT2D eigenvalue weighted by Crippen LogP contribution is 2.27. The smallest absolute Gasteiger partial charge is 0.134 e. The van der Waals surface area contributed by atoms with E-state index in [0.29, 0.717) is 0 Å². The minimum atomic E-state index is -1.28. The Bertz CT molecular complexity index is 148. The molecule has 3 nitrogen and oxygen atoms in total. The molecule has 0 amide bonds. The van der Waals surface area contributed by atoms with Crippen molar-refractivity contribution in [2.45, 2.75) is 38.3 Å². The van der Waals surface area contributed by atoms with E-state index in [4.69, 9.17) is 9.84 Å². The van der Waals surface area contributed by atoms with Gasteiger partial charge in [0.15, 0.2) is 0 Å². The van der Waals surface area contributed by atoms with E-state index in [0.717, 1.165) is 0 Å². The molecular formula is C8H15FO3. The first-order valence-corrected chi connectivity index (χ1v) is 4.16. The lowest BCUT2D eigenvalue weighted by atomic mass is 9.89. The molecule has 1 aliphatic rings. The first-order chi connectivity index (χ1) is 5.57. The maximum absolute atomic E-state index is 13.2.